The molecule has 2 N–H and O–H groups in total. The number of hydrogen-bond acceptors (Lipinski definition) is 4. The molecule has 0 amide bonds. The Labute approximate surface area is 177 Å². The van der Waals surface area contributed by atoms with Gasteiger partial charge in [0.2, 0.25) is 0 Å². The third-order valence-electron chi connectivity index (χ3n) is 2.97. The van der Waals surface area contributed by atoms with E-state index in [-0.39, 0.29) is 24.0 Å². The van der Waals surface area contributed by atoms with E-state index in [4.69, 9.17) is 21.1 Å². The highest BCUT2D eigenvalue weighted by Gasteiger charge is 1.98. The maximum atomic E-state index is 5.88. The third kappa shape index (κ3) is 13.6. The lowest BCUT2D eigenvalue weighted by atomic mass is 10.4. The van der Waals surface area contributed by atoms with Crippen molar-refractivity contribution in [1.29, 1.82) is 0 Å². The van der Waals surface area contributed by atoms with Crippen molar-refractivity contribution in [3.8, 4) is 0 Å². The number of nitrogens with one attached hydrogen (secondary N) is 2. The van der Waals surface area contributed by atoms with Gasteiger partial charge in [-0.15, -0.1) is 35.7 Å². The van der Waals surface area contributed by atoms with E-state index in [0.29, 0.717) is 19.8 Å². The van der Waals surface area contributed by atoms with Gasteiger partial charge in [-0.1, -0.05) is 11.6 Å². The highest BCUT2D eigenvalue weighted by atomic mass is 127. The van der Waals surface area contributed by atoms with E-state index < -0.39 is 0 Å². The van der Waals surface area contributed by atoms with Crippen LogP contribution in [0.25, 0.3) is 0 Å². The lowest BCUT2D eigenvalue weighted by Gasteiger charge is -2.11. The molecule has 0 saturated heterocycles. The Balaban J connectivity index is 0.00000576. The molecule has 0 aliphatic rings. The Morgan fingerprint density at radius 2 is 1.92 bits per heavy atom. The lowest BCUT2D eigenvalue weighted by Crippen LogP contribution is -2.38. The Hall–Kier alpha value is -0.220. The molecule has 1 aromatic rings. The van der Waals surface area contributed by atoms with Gasteiger partial charge < -0.3 is 20.1 Å². The number of halogens is 2. The van der Waals surface area contributed by atoms with E-state index in [0.717, 1.165) is 42.8 Å². The number of thioether (sulfide) groups is 1. The number of nitrogens with zero attached hydrogens (tertiary/aromatic N) is 1. The molecule has 0 saturated carbocycles. The quantitative estimate of drug-likeness (QED) is 0.151. The zero-order chi connectivity index (χ0) is 17.5. The number of guanidine groups is 1. The van der Waals surface area contributed by atoms with Gasteiger partial charge in [-0.2, -0.15) is 0 Å². The Morgan fingerprint density at radius 1 is 1.16 bits per heavy atom. The van der Waals surface area contributed by atoms with Crippen LogP contribution in [0.3, 0.4) is 0 Å². The van der Waals surface area contributed by atoms with Crippen molar-refractivity contribution in [1.82, 2.24) is 10.6 Å². The van der Waals surface area contributed by atoms with Gasteiger partial charge in [0, 0.05) is 49.0 Å². The molecule has 0 aliphatic carbocycles. The molecule has 0 fully saturated rings. The minimum atomic E-state index is 0. The zero-order valence-corrected chi connectivity index (χ0v) is 18.8. The fourth-order valence-corrected chi connectivity index (χ4v) is 2.71. The molecule has 25 heavy (non-hydrogen) atoms. The highest BCUT2D eigenvalue weighted by molar-refractivity contribution is 14.0. The average molecular weight is 502 g/mol. The highest BCUT2D eigenvalue weighted by Crippen LogP contribution is 2.19. The van der Waals surface area contributed by atoms with Crippen LogP contribution in [0.5, 0.6) is 0 Å². The smallest absolute Gasteiger partial charge is 0.191 e. The number of benzene rings is 1. The molecule has 0 unspecified atom stereocenters. The largest absolute Gasteiger partial charge is 0.382 e. The van der Waals surface area contributed by atoms with Crippen LogP contribution in [-0.2, 0) is 9.47 Å². The average Bonchev–Trinajstić information content (AvgIpc) is 2.59. The molecule has 0 aliphatic heterocycles. The number of aliphatic imine (C=N–C) groups is 1. The van der Waals surface area contributed by atoms with Crippen LogP contribution in [-0.4, -0.2) is 58.3 Å². The van der Waals surface area contributed by atoms with Crippen LogP contribution in [0.2, 0.25) is 5.02 Å². The first-order valence-corrected chi connectivity index (χ1v) is 9.60. The minimum Gasteiger partial charge on any atom is -0.382 e. The van der Waals surface area contributed by atoms with Crippen LogP contribution in [0.15, 0.2) is 34.2 Å². The molecule has 0 aromatic heterocycles. The van der Waals surface area contributed by atoms with Gasteiger partial charge in [0.05, 0.1) is 13.2 Å². The molecule has 5 nitrogen and oxygen atoms in total. The molecular weight excluding hydrogens is 473 g/mol. The topological polar surface area (TPSA) is 54.9 Å². The summed E-state index contributed by atoms with van der Waals surface area (Å²) in [6, 6.07) is 7.90. The van der Waals surface area contributed by atoms with Crippen LogP contribution in [0.4, 0.5) is 0 Å². The lowest BCUT2D eigenvalue weighted by molar-refractivity contribution is 0.0702. The van der Waals surface area contributed by atoms with E-state index in [1.807, 2.05) is 24.3 Å². The molecule has 0 radical (unpaired) electrons. The Bertz CT molecular complexity index is 464. The summed E-state index contributed by atoms with van der Waals surface area (Å²) in [4.78, 5) is 5.76. The molecule has 1 aromatic carbocycles. The van der Waals surface area contributed by atoms with Crippen molar-refractivity contribution < 1.29 is 9.47 Å². The third-order valence-corrected chi connectivity index (χ3v) is 4.24. The van der Waals surface area contributed by atoms with Crippen molar-refractivity contribution in [3.63, 3.8) is 0 Å². The number of methoxy groups -OCH3 is 1. The molecule has 0 atom stereocenters. The van der Waals surface area contributed by atoms with E-state index in [1.54, 1.807) is 18.9 Å². The first-order valence-electron chi connectivity index (χ1n) is 8.23. The van der Waals surface area contributed by atoms with Crippen LogP contribution < -0.4 is 10.6 Å². The summed E-state index contributed by atoms with van der Waals surface area (Å²) < 4.78 is 10.4. The monoisotopic (exact) mass is 501 g/mol. The first kappa shape index (κ1) is 24.8. The van der Waals surface area contributed by atoms with E-state index >= 15 is 0 Å². The second kappa shape index (κ2) is 17.2. The zero-order valence-electron chi connectivity index (χ0n) is 14.9. The predicted octanol–water partition coefficient (Wildman–Crippen LogP) is 3.66. The predicted molar refractivity (Wildman–Crippen MR) is 119 cm³/mol. The summed E-state index contributed by atoms with van der Waals surface area (Å²) in [5.74, 6) is 1.82. The van der Waals surface area contributed by atoms with Crippen molar-refractivity contribution in [2.24, 2.45) is 4.99 Å². The molecule has 0 bridgehead atoms. The van der Waals surface area contributed by atoms with Gasteiger partial charge >= 0.3 is 0 Å². The SMILES string of the molecule is CCNC(=NCCCOCCOC)NCCSc1ccc(Cl)cc1.I. The second-order valence-electron chi connectivity index (χ2n) is 4.95. The molecule has 8 heteroatoms. The fraction of sp³-hybridized carbons (Fsp3) is 0.588. The molecule has 0 spiro atoms. The van der Waals surface area contributed by atoms with Gasteiger partial charge in [0.25, 0.3) is 0 Å². The summed E-state index contributed by atoms with van der Waals surface area (Å²) in [6.07, 6.45) is 0.903. The van der Waals surface area contributed by atoms with Gasteiger partial charge in [-0.25, -0.2) is 0 Å². The van der Waals surface area contributed by atoms with Gasteiger partial charge in [0.15, 0.2) is 5.96 Å². The summed E-state index contributed by atoms with van der Waals surface area (Å²) in [7, 11) is 1.67. The van der Waals surface area contributed by atoms with Crippen molar-refractivity contribution >= 4 is 53.3 Å². The van der Waals surface area contributed by atoms with Crippen molar-refractivity contribution in [3.05, 3.63) is 29.3 Å². The Morgan fingerprint density at radius 3 is 2.60 bits per heavy atom. The van der Waals surface area contributed by atoms with Gasteiger partial charge in [-0.3, -0.25) is 4.99 Å². The molecule has 144 valence electrons. The van der Waals surface area contributed by atoms with E-state index in [2.05, 4.69) is 22.5 Å². The number of rotatable bonds is 12. The van der Waals surface area contributed by atoms with Crippen LogP contribution in [0, 0.1) is 0 Å². The van der Waals surface area contributed by atoms with Crippen molar-refractivity contribution in [2.75, 3.05) is 52.3 Å². The second-order valence-corrected chi connectivity index (χ2v) is 6.55. The first-order chi connectivity index (χ1) is 11.8. The summed E-state index contributed by atoms with van der Waals surface area (Å²) in [5, 5.41) is 7.36. The maximum absolute atomic E-state index is 5.88. The van der Waals surface area contributed by atoms with E-state index in [1.165, 1.54) is 4.90 Å². The standard InChI is InChI=1S/C17H28ClN3O2S.HI/c1-3-19-17(20-9-4-11-23-13-12-22-2)21-10-14-24-16-7-5-15(18)6-8-16;/h5-8H,3-4,9-14H2,1-2H3,(H2,19,20,21);1H. The van der Waals surface area contributed by atoms with E-state index in [9.17, 15) is 0 Å². The molecule has 1 rings (SSSR count). The van der Waals surface area contributed by atoms with Gasteiger partial charge in [0.1, 0.15) is 0 Å². The minimum absolute atomic E-state index is 0. The summed E-state index contributed by atoms with van der Waals surface area (Å²) in [5.41, 5.74) is 0. The number of ether oxygens (including phenoxy) is 2. The molecule has 0 heterocycles. The molecular formula is C17H29ClIN3O2S. The maximum Gasteiger partial charge on any atom is 0.191 e. The summed E-state index contributed by atoms with van der Waals surface area (Å²) >= 11 is 7.68. The Kier molecular flexibility index (Phi) is 17.1. The fourth-order valence-electron chi connectivity index (χ4n) is 1.81. The normalized spacial score (nSPS) is 11.1. The van der Waals surface area contributed by atoms with Crippen LogP contribution >= 0.6 is 47.3 Å². The number of hydrogen-bond donors (Lipinski definition) is 2. The summed E-state index contributed by atoms with van der Waals surface area (Å²) in [6.45, 7) is 6.49. The van der Waals surface area contributed by atoms with Crippen molar-refractivity contribution in [2.45, 2.75) is 18.2 Å². The van der Waals surface area contributed by atoms with Gasteiger partial charge in [-0.05, 0) is 37.6 Å². The van der Waals surface area contributed by atoms with Crippen LogP contribution in [0.1, 0.15) is 13.3 Å².